The SMILES string of the molecule is C[C@@H]1C(=O)C2=C(C(=O)[C@@]3(C)[C@@H]4[C@@H](O)C(C)(C)[C@H]4CC[C@]3(C)[C@H]2O)[C@H]1O. The lowest BCUT2D eigenvalue weighted by Gasteiger charge is -2.70. The number of aliphatic hydroxyl groups excluding tert-OH is 3. The number of aliphatic hydroxyl groups is 3. The average molecular weight is 348 g/mol. The van der Waals surface area contributed by atoms with Gasteiger partial charge in [-0.05, 0) is 24.2 Å². The van der Waals surface area contributed by atoms with Crippen LogP contribution in [0.15, 0.2) is 11.1 Å². The van der Waals surface area contributed by atoms with Crippen LogP contribution in [-0.2, 0) is 9.59 Å². The van der Waals surface area contributed by atoms with Gasteiger partial charge in [0.1, 0.15) is 0 Å². The minimum Gasteiger partial charge on any atom is -0.392 e. The van der Waals surface area contributed by atoms with E-state index in [2.05, 4.69) is 0 Å². The van der Waals surface area contributed by atoms with E-state index in [1.807, 2.05) is 27.7 Å². The van der Waals surface area contributed by atoms with Crippen LogP contribution in [0.2, 0.25) is 0 Å². The van der Waals surface area contributed by atoms with Gasteiger partial charge in [0, 0.05) is 33.8 Å². The molecule has 0 aromatic carbocycles. The second-order valence-electron chi connectivity index (χ2n) is 9.71. The zero-order chi connectivity index (χ0) is 18.7. The maximum Gasteiger partial charge on any atom is 0.168 e. The fraction of sp³-hybridized carbons (Fsp3) is 0.800. The lowest BCUT2D eigenvalue weighted by atomic mass is 9.34. The Labute approximate surface area is 148 Å². The minimum absolute atomic E-state index is 0.0996. The highest BCUT2D eigenvalue weighted by Crippen LogP contribution is 2.71. The molecule has 138 valence electrons. The molecule has 4 aliphatic carbocycles. The standard InChI is InChI=1S/C20H28O5/c1-8-13(21)10-11(14(8)22)16(24)20(5)12-9(18(2,3)17(12)25)6-7-19(20,4)15(10)23/h8-9,12,14-15,17,22-23,25H,6-7H2,1-5H3/t8-,9+,12+,14+,15+,17-,19-,20-/m1/s1. The number of carbonyl (C=O) groups is 2. The normalized spacial score (nSPS) is 53.9. The number of carbonyl (C=O) groups excluding carboxylic acids is 2. The number of fused-ring (bicyclic) bond motifs is 3. The molecule has 2 saturated carbocycles. The summed E-state index contributed by atoms with van der Waals surface area (Å²) in [4.78, 5) is 26.1. The first kappa shape index (κ1) is 17.4. The van der Waals surface area contributed by atoms with Crippen LogP contribution in [0.1, 0.15) is 47.5 Å². The van der Waals surface area contributed by atoms with Gasteiger partial charge < -0.3 is 15.3 Å². The molecule has 8 atom stereocenters. The summed E-state index contributed by atoms with van der Waals surface area (Å²) in [6.45, 7) is 9.35. The lowest BCUT2D eigenvalue weighted by Crippen LogP contribution is -2.73. The molecule has 0 bridgehead atoms. The van der Waals surface area contributed by atoms with E-state index in [0.717, 1.165) is 6.42 Å². The average Bonchev–Trinajstić information content (AvgIpc) is 2.78. The van der Waals surface area contributed by atoms with E-state index in [1.54, 1.807) is 6.92 Å². The number of Topliss-reactive ketones (excluding diaryl/α,β-unsaturated/α-hetero) is 2. The van der Waals surface area contributed by atoms with Crippen molar-refractivity contribution in [1.82, 2.24) is 0 Å². The highest BCUT2D eigenvalue weighted by atomic mass is 16.3. The quantitative estimate of drug-likeness (QED) is 0.612. The first-order valence-electron chi connectivity index (χ1n) is 9.29. The number of hydrogen-bond acceptors (Lipinski definition) is 5. The molecule has 5 nitrogen and oxygen atoms in total. The van der Waals surface area contributed by atoms with Crippen molar-refractivity contribution in [3.63, 3.8) is 0 Å². The third-order valence-corrected chi connectivity index (χ3v) is 8.65. The number of hydrogen-bond donors (Lipinski definition) is 3. The molecule has 0 spiro atoms. The maximum absolute atomic E-state index is 13.6. The third-order valence-electron chi connectivity index (χ3n) is 8.65. The summed E-state index contributed by atoms with van der Waals surface area (Å²) < 4.78 is 0. The molecule has 4 rings (SSSR count). The summed E-state index contributed by atoms with van der Waals surface area (Å²) in [5.41, 5.74) is -1.82. The molecular weight excluding hydrogens is 320 g/mol. The van der Waals surface area contributed by atoms with Crippen LogP contribution in [0.3, 0.4) is 0 Å². The van der Waals surface area contributed by atoms with Crippen molar-refractivity contribution in [3.05, 3.63) is 11.1 Å². The fourth-order valence-electron chi connectivity index (χ4n) is 6.51. The van der Waals surface area contributed by atoms with E-state index in [0.29, 0.717) is 6.42 Å². The molecule has 3 N–H and O–H groups in total. The van der Waals surface area contributed by atoms with Crippen LogP contribution < -0.4 is 0 Å². The highest BCUT2D eigenvalue weighted by Gasteiger charge is 2.75. The maximum atomic E-state index is 13.6. The van der Waals surface area contributed by atoms with Crippen molar-refractivity contribution in [2.75, 3.05) is 0 Å². The van der Waals surface area contributed by atoms with Gasteiger partial charge in [-0.2, -0.15) is 0 Å². The molecular formula is C20H28O5. The predicted molar refractivity (Wildman–Crippen MR) is 90.4 cm³/mol. The Morgan fingerprint density at radius 2 is 1.60 bits per heavy atom. The van der Waals surface area contributed by atoms with E-state index >= 15 is 0 Å². The Morgan fingerprint density at radius 3 is 2.20 bits per heavy atom. The molecule has 0 aromatic rings. The molecule has 0 heterocycles. The van der Waals surface area contributed by atoms with Crippen molar-refractivity contribution in [3.8, 4) is 0 Å². The molecule has 4 aliphatic rings. The fourth-order valence-corrected chi connectivity index (χ4v) is 6.51. The van der Waals surface area contributed by atoms with Crippen molar-refractivity contribution in [2.24, 2.45) is 34.0 Å². The van der Waals surface area contributed by atoms with Crippen LogP contribution in [0.25, 0.3) is 0 Å². The second kappa shape index (κ2) is 4.62. The van der Waals surface area contributed by atoms with Gasteiger partial charge in [0.05, 0.1) is 18.3 Å². The largest absolute Gasteiger partial charge is 0.392 e. The van der Waals surface area contributed by atoms with Gasteiger partial charge in [0.25, 0.3) is 0 Å². The van der Waals surface area contributed by atoms with E-state index in [9.17, 15) is 24.9 Å². The molecule has 0 aromatic heterocycles. The first-order valence-corrected chi connectivity index (χ1v) is 9.29. The highest BCUT2D eigenvalue weighted by molar-refractivity contribution is 6.16. The molecule has 2 fully saturated rings. The number of rotatable bonds is 0. The van der Waals surface area contributed by atoms with Gasteiger partial charge in [-0.1, -0.05) is 34.6 Å². The van der Waals surface area contributed by atoms with Crippen molar-refractivity contribution < 1.29 is 24.9 Å². The van der Waals surface area contributed by atoms with E-state index in [4.69, 9.17) is 0 Å². The van der Waals surface area contributed by atoms with Crippen molar-refractivity contribution in [1.29, 1.82) is 0 Å². The van der Waals surface area contributed by atoms with Gasteiger partial charge in [-0.3, -0.25) is 9.59 Å². The summed E-state index contributed by atoms with van der Waals surface area (Å²) in [6.07, 6.45) is -1.42. The first-order chi connectivity index (χ1) is 11.4. The van der Waals surface area contributed by atoms with Crippen molar-refractivity contribution in [2.45, 2.75) is 65.8 Å². The second-order valence-corrected chi connectivity index (χ2v) is 9.71. The molecule has 5 heteroatoms. The van der Waals surface area contributed by atoms with Gasteiger partial charge in [-0.25, -0.2) is 0 Å². The van der Waals surface area contributed by atoms with Gasteiger partial charge >= 0.3 is 0 Å². The van der Waals surface area contributed by atoms with Crippen LogP contribution in [0.4, 0.5) is 0 Å². The van der Waals surface area contributed by atoms with Crippen LogP contribution >= 0.6 is 0 Å². The Morgan fingerprint density at radius 1 is 1.00 bits per heavy atom. The van der Waals surface area contributed by atoms with Crippen molar-refractivity contribution >= 4 is 11.6 Å². The topological polar surface area (TPSA) is 94.8 Å². The van der Waals surface area contributed by atoms with Gasteiger partial charge in [0.15, 0.2) is 11.6 Å². The zero-order valence-electron chi connectivity index (χ0n) is 15.5. The lowest BCUT2D eigenvalue weighted by molar-refractivity contribution is -0.262. The molecule has 0 saturated heterocycles. The Balaban J connectivity index is 1.91. The summed E-state index contributed by atoms with van der Waals surface area (Å²) in [7, 11) is 0. The molecule has 0 radical (unpaired) electrons. The van der Waals surface area contributed by atoms with E-state index < -0.39 is 35.1 Å². The third kappa shape index (κ3) is 1.58. The summed E-state index contributed by atoms with van der Waals surface area (Å²) in [5, 5.41) is 32.5. The molecule has 0 aliphatic heterocycles. The Kier molecular flexibility index (Phi) is 3.21. The smallest absolute Gasteiger partial charge is 0.168 e. The van der Waals surface area contributed by atoms with Crippen LogP contribution in [0.5, 0.6) is 0 Å². The number of ketones is 2. The van der Waals surface area contributed by atoms with E-state index in [1.165, 1.54) is 0 Å². The monoisotopic (exact) mass is 348 g/mol. The minimum atomic E-state index is -1.16. The zero-order valence-corrected chi connectivity index (χ0v) is 15.5. The molecule has 25 heavy (non-hydrogen) atoms. The Hall–Kier alpha value is -1.04. The summed E-state index contributed by atoms with van der Waals surface area (Å²) in [5.74, 6) is -1.32. The van der Waals surface area contributed by atoms with Crippen LogP contribution in [-0.4, -0.2) is 45.2 Å². The molecule has 0 unspecified atom stereocenters. The predicted octanol–water partition coefficient (Wildman–Crippen LogP) is 1.25. The summed E-state index contributed by atoms with van der Waals surface area (Å²) in [6, 6.07) is 0. The van der Waals surface area contributed by atoms with E-state index in [-0.39, 0.29) is 40.0 Å². The van der Waals surface area contributed by atoms with Gasteiger partial charge in [0.2, 0.25) is 0 Å². The Bertz CT molecular complexity index is 722. The van der Waals surface area contributed by atoms with Gasteiger partial charge in [-0.15, -0.1) is 0 Å². The summed E-state index contributed by atoms with van der Waals surface area (Å²) >= 11 is 0. The van der Waals surface area contributed by atoms with Crippen LogP contribution in [0, 0.1) is 34.0 Å². The molecule has 0 amide bonds.